The van der Waals surface area contributed by atoms with Gasteiger partial charge in [-0.15, -0.1) is 0 Å². The standard InChI is InChI=1S/C40H25BN2O/c1-3-14-26(15-4-1)42-32-22-11-10-21-31(32)41-37-28-18-7-8-19-29(28)40-36(30-20-9-12-25-35(30)44-40)39(37)43(27-16-5-2-6-17-27)34-24-13-23-33(42)38(34)41/h1-25H. The summed E-state index contributed by atoms with van der Waals surface area (Å²) in [4.78, 5) is 4.92. The average molecular weight is 560 g/mol. The number of furan rings is 1. The molecule has 4 heteroatoms. The molecule has 2 aliphatic rings. The Morgan fingerprint density at radius 3 is 1.77 bits per heavy atom. The number of hydrogen-bond donors (Lipinski definition) is 0. The third kappa shape index (κ3) is 3.07. The van der Waals surface area contributed by atoms with Gasteiger partial charge in [-0.3, -0.25) is 0 Å². The first-order valence-corrected chi connectivity index (χ1v) is 15.2. The summed E-state index contributed by atoms with van der Waals surface area (Å²) >= 11 is 0. The first kappa shape index (κ1) is 23.8. The van der Waals surface area contributed by atoms with Crippen molar-refractivity contribution < 1.29 is 4.42 Å². The highest BCUT2D eigenvalue weighted by Crippen LogP contribution is 2.49. The number of fused-ring (bicyclic) bond motifs is 11. The van der Waals surface area contributed by atoms with Gasteiger partial charge in [0.25, 0.3) is 6.71 Å². The summed E-state index contributed by atoms with van der Waals surface area (Å²) in [5.74, 6) is 0. The van der Waals surface area contributed by atoms with Crippen LogP contribution >= 0.6 is 0 Å². The molecule has 0 aliphatic carbocycles. The fourth-order valence-corrected chi connectivity index (χ4v) is 7.74. The average Bonchev–Trinajstić information content (AvgIpc) is 3.49. The van der Waals surface area contributed by atoms with Crippen LogP contribution in [0.3, 0.4) is 0 Å². The van der Waals surface area contributed by atoms with Crippen LogP contribution < -0.4 is 26.2 Å². The van der Waals surface area contributed by atoms with E-state index in [4.69, 9.17) is 4.42 Å². The second-order valence-corrected chi connectivity index (χ2v) is 11.7. The van der Waals surface area contributed by atoms with E-state index in [1.54, 1.807) is 0 Å². The third-order valence-corrected chi connectivity index (χ3v) is 9.41. The minimum Gasteiger partial charge on any atom is -0.455 e. The quantitative estimate of drug-likeness (QED) is 0.197. The van der Waals surface area contributed by atoms with Crippen LogP contribution in [-0.2, 0) is 0 Å². The van der Waals surface area contributed by atoms with Crippen LogP contribution in [-0.4, -0.2) is 6.71 Å². The SMILES string of the molecule is c1ccc(N2c3ccccc3B3c4c2cccc4N(c2ccccc2)c2c3c3ccccc3c3oc4ccccc4c23)cc1. The van der Waals surface area contributed by atoms with E-state index in [9.17, 15) is 0 Å². The number of anilines is 6. The maximum Gasteiger partial charge on any atom is 0.252 e. The number of rotatable bonds is 2. The fraction of sp³-hybridized carbons (Fsp3) is 0. The Morgan fingerprint density at radius 2 is 1.00 bits per heavy atom. The highest BCUT2D eigenvalue weighted by Gasteiger charge is 2.45. The van der Waals surface area contributed by atoms with E-state index in [0.717, 1.165) is 38.7 Å². The second-order valence-electron chi connectivity index (χ2n) is 11.7. The summed E-state index contributed by atoms with van der Waals surface area (Å²) in [7, 11) is 0. The lowest BCUT2D eigenvalue weighted by Crippen LogP contribution is -2.61. The molecule has 0 fully saturated rings. The second kappa shape index (κ2) is 8.89. The maximum atomic E-state index is 6.72. The minimum absolute atomic E-state index is 0.0373. The van der Waals surface area contributed by atoms with E-state index >= 15 is 0 Å². The molecule has 2 aliphatic heterocycles. The lowest BCUT2D eigenvalue weighted by molar-refractivity contribution is 0.673. The van der Waals surface area contributed by atoms with E-state index in [0.29, 0.717) is 0 Å². The van der Waals surface area contributed by atoms with Gasteiger partial charge in [0, 0.05) is 39.2 Å². The molecule has 0 spiro atoms. The van der Waals surface area contributed by atoms with Crippen molar-refractivity contribution in [3.05, 3.63) is 152 Å². The Bertz CT molecular complexity index is 2420. The highest BCUT2D eigenvalue weighted by atomic mass is 16.3. The van der Waals surface area contributed by atoms with E-state index < -0.39 is 0 Å². The molecule has 0 unspecified atom stereocenters. The van der Waals surface area contributed by atoms with E-state index in [1.807, 2.05) is 0 Å². The van der Waals surface area contributed by atoms with Gasteiger partial charge < -0.3 is 14.2 Å². The monoisotopic (exact) mass is 560 g/mol. The predicted octanol–water partition coefficient (Wildman–Crippen LogP) is 8.82. The van der Waals surface area contributed by atoms with Crippen molar-refractivity contribution in [3.63, 3.8) is 0 Å². The van der Waals surface area contributed by atoms with Crippen molar-refractivity contribution in [2.75, 3.05) is 9.80 Å². The van der Waals surface area contributed by atoms with Crippen molar-refractivity contribution in [2.24, 2.45) is 0 Å². The lowest BCUT2D eigenvalue weighted by Gasteiger charge is -2.44. The molecule has 1 aromatic heterocycles. The summed E-state index contributed by atoms with van der Waals surface area (Å²) in [6.07, 6.45) is 0. The Kier molecular flexibility index (Phi) is 4.80. The molecular formula is C40H25BN2O. The van der Waals surface area contributed by atoms with Gasteiger partial charge in [-0.1, -0.05) is 103 Å². The highest BCUT2D eigenvalue weighted by molar-refractivity contribution is 7.02. The van der Waals surface area contributed by atoms with Crippen LogP contribution in [0.2, 0.25) is 0 Å². The zero-order valence-corrected chi connectivity index (χ0v) is 23.8. The van der Waals surface area contributed by atoms with Crippen LogP contribution in [0.4, 0.5) is 34.1 Å². The van der Waals surface area contributed by atoms with Gasteiger partial charge >= 0.3 is 0 Å². The molecule has 7 aromatic carbocycles. The molecule has 0 saturated carbocycles. The molecule has 44 heavy (non-hydrogen) atoms. The first-order valence-electron chi connectivity index (χ1n) is 15.2. The summed E-state index contributed by atoms with van der Waals surface area (Å²) in [5.41, 5.74) is 12.9. The van der Waals surface area contributed by atoms with E-state index in [1.165, 1.54) is 44.5 Å². The molecule has 0 bridgehead atoms. The van der Waals surface area contributed by atoms with Gasteiger partial charge in [0.15, 0.2) is 0 Å². The van der Waals surface area contributed by atoms with Gasteiger partial charge in [0.1, 0.15) is 11.2 Å². The van der Waals surface area contributed by atoms with Crippen molar-refractivity contribution >= 4 is 89.9 Å². The third-order valence-electron chi connectivity index (χ3n) is 9.41. The van der Waals surface area contributed by atoms with Gasteiger partial charge in [-0.05, 0) is 70.3 Å². The normalized spacial score (nSPS) is 13.3. The first-order chi connectivity index (χ1) is 21.9. The van der Waals surface area contributed by atoms with E-state index in [2.05, 4.69) is 161 Å². The Morgan fingerprint density at radius 1 is 0.432 bits per heavy atom. The summed E-state index contributed by atoms with van der Waals surface area (Å²) < 4.78 is 6.72. The largest absolute Gasteiger partial charge is 0.455 e. The lowest BCUT2D eigenvalue weighted by atomic mass is 9.33. The van der Waals surface area contributed by atoms with Gasteiger partial charge in [0.05, 0.1) is 11.1 Å². The van der Waals surface area contributed by atoms with Crippen LogP contribution in [0.25, 0.3) is 32.7 Å². The molecule has 0 radical (unpaired) electrons. The molecular weight excluding hydrogens is 535 g/mol. The van der Waals surface area contributed by atoms with Crippen LogP contribution in [0.5, 0.6) is 0 Å². The molecule has 204 valence electrons. The molecule has 3 heterocycles. The number of benzene rings is 7. The van der Waals surface area contributed by atoms with Gasteiger partial charge in [-0.25, -0.2) is 0 Å². The topological polar surface area (TPSA) is 19.6 Å². The van der Waals surface area contributed by atoms with Gasteiger partial charge in [-0.2, -0.15) is 0 Å². The predicted molar refractivity (Wildman–Crippen MR) is 185 cm³/mol. The molecule has 3 nitrogen and oxygen atoms in total. The smallest absolute Gasteiger partial charge is 0.252 e. The Hall–Kier alpha value is -5.74. The Labute approximate surface area is 255 Å². The minimum atomic E-state index is 0.0373. The van der Waals surface area contributed by atoms with E-state index in [-0.39, 0.29) is 6.71 Å². The van der Waals surface area contributed by atoms with Crippen molar-refractivity contribution in [2.45, 2.75) is 0 Å². The zero-order chi connectivity index (χ0) is 28.8. The summed E-state index contributed by atoms with van der Waals surface area (Å²) in [6, 6.07) is 54.6. The number of para-hydroxylation sites is 4. The molecule has 0 atom stereocenters. The Balaban J connectivity index is 1.44. The summed E-state index contributed by atoms with van der Waals surface area (Å²) in [5, 5.41) is 4.68. The number of nitrogens with zero attached hydrogens (tertiary/aromatic N) is 2. The van der Waals surface area contributed by atoms with Crippen molar-refractivity contribution in [1.82, 2.24) is 0 Å². The van der Waals surface area contributed by atoms with Crippen molar-refractivity contribution in [1.29, 1.82) is 0 Å². The summed E-state index contributed by atoms with van der Waals surface area (Å²) in [6.45, 7) is 0.0373. The molecule has 0 N–H and O–H groups in total. The number of hydrogen-bond acceptors (Lipinski definition) is 3. The fourth-order valence-electron chi connectivity index (χ4n) is 7.74. The molecule has 0 amide bonds. The van der Waals surface area contributed by atoms with Crippen LogP contribution in [0.1, 0.15) is 0 Å². The zero-order valence-electron chi connectivity index (χ0n) is 23.8. The van der Waals surface area contributed by atoms with Crippen molar-refractivity contribution in [3.8, 4) is 0 Å². The van der Waals surface area contributed by atoms with Crippen LogP contribution in [0.15, 0.2) is 156 Å². The maximum absolute atomic E-state index is 6.72. The molecule has 10 rings (SSSR count). The van der Waals surface area contributed by atoms with Crippen LogP contribution in [0, 0.1) is 0 Å². The molecule has 8 aromatic rings. The molecule has 0 saturated heterocycles. The van der Waals surface area contributed by atoms with Gasteiger partial charge in [0.2, 0.25) is 0 Å².